The predicted octanol–water partition coefficient (Wildman–Crippen LogP) is 4.15. The van der Waals surface area contributed by atoms with E-state index in [2.05, 4.69) is 15.0 Å². The molecule has 2 aromatic rings. The monoisotopic (exact) mass is 440 g/mol. The van der Waals surface area contributed by atoms with E-state index in [0.29, 0.717) is 28.2 Å². The molecule has 0 bridgehead atoms. The molecule has 1 saturated heterocycles. The number of hydrogen-bond donors (Lipinski definition) is 1. The van der Waals surface area contributed by atoms with Crippen molar-refractivity contribution in [3.8, 4) is 11.5 Å². The third-order valence-electron chi connectivity index (χ3n) is 4.51. The third kappa shape index (κ3) is 5.88. The predicted molar refractivity (Wildman–Crippen MR) is 122 cm³/mol. The lowest BCUT2D eigenvalue weighted by Crippen LogP contribution is -2.19. The average Bonchev–Trinajstić information content (AvgIpc) is 3.08. The van der Waals surface area contributed by atoms with Crippen LogP contribution in [0, 0.1) is 13.8 Å². The Bertz CT molecular complexity index is 1060. The number of amidine groups is 1. The summed E-state index contributed by atoms with van der Waals surface area (Å²) in [7, 11) is 1.30. The minimum Gasteiger partial charge on any atom is -0.490 e. The van der Waals surface area contributed by atoms with E-state index in [1.807, 2.05) is 39.0 Å². The maximum atomic E-state index is 12.4. The number of benzene rings is 2. The molecule has 1 heterocycles. The molecule has 1 N–H and O–H groups in total. The highest BCUT2D eigenvalue weighted by molar-refractivity contribution is 8.18. The second-order valence-corrected chi connectivity index (χ2v) is 7.78. The van der Waals surface area contributed by atoms with E-state index in [9.17, 15) is 9.59 Å². The molecule has 0 aromatic heterocycles. The second kappa shape index (κ2) is 10.2. The quantitative estimate of drug-likeness (QED) is 0.514. The summed E-state index contributed by atoms with van der Waals surface area (Å²) in [6.07, 6.45) is 1.76. The van der Waals surface area contributed by atoms with Crippen LogP contribution in [-0.4, -0.2) is 37.4 Å². The Morgan fingerprint density at radius 1 is 1.10 bits per heavy atom. The average molecular weight is 441 g/mol. The number of amides is 1. The van der Waals surface area contributed by atoms with Gasteiger partial charge in [-0.2, -0.15) is 0 Å². The fraction of sp³-hybridized carbons (Fsp3) is 0.261. The fourth-order valence-corrected chi connectivity index (χ4v) is 3.58. The molecule has 2 aromatic carbocycles. The normalized spacial score (nSPS) is 15.8. The van der Waals surface area contributed by atoms with Crippen LogP contribution in [0.15, 0.2) is 46.3 Å². The summed E-state index contributed by atoms with van der Waals surface area (Å²) in [6.45, 7) is 6.13. The van der Waals surface area contributed by atoms with Crippen LogP contribution in [0.2, 0.25) is 0 Å². The van der Waals surface area contributed by atoms with Crippen LogP contribution in [-0.2, 0) is 14.3 Å². The SMILES string of the molecule is CCOc1cc(C=C2SC(=Nc3ccc(C)c(C)c3)NC2=O)ccc1OCC(=O)OC. The van der Waals surface area contributed by atoms with E-state index in [4.69, 9.17) is 9.47 Å². The van der Waals surface area contributed by atoms with Crippen LogP contribution in [0.4, 0.5) is 5.69 Å². The molecular formula is C23H24N2O5S. The number of methoxy groups -OCH3 is 1. The molecule has 7 nitrogen and oxygen atoms in total. The first-order chi connectivity index (χ1) is 14.9. The summed E-state index contributed by atoms with van der Waals surface area (Å²) in [5.41, 5.74) is 3.89. The number of aryl methyl sites for hydroxylation is 2. The summed E-state index contributed by atoms with van der Waals surface area (Å²) < 4.78 is 15.7. The maximum absolute atomic E-state index is 12.4. The Balaban J connectivity index is 1.79. The Morgan fingerprint density at radius 3 is 2.61 bits per heavy atom. The number of ether oxygens (including phenoxy) is 3. The van der Waals surface area contributed by atoms with Crippen molar-refractivity contribution in [2.75, 3.05) is 20.3 Å². The van der Waals surface area contributed by atoms with Crippen molar-refractivity contribution in [1.29, 1.82) is 0 Å². The van der Waals surface area contributed by atoms with Crippen LogP contribution in [0.25, 0.3) is 6.08 Å². The molecule has 162 valence electrons. The molecule has 1 aliphatic rings. The van der Waals surface area contributed by atoms with Gasteiger partial charge in [0.15, 0.2) is 23.3 Å². The summed E-state index contributed by atoms with van der Waals surface area (Å²) in [5, 5.41) is 3.33. The summed E-state index contributed by atoms with van der Waals surface area (Å²) in [5.74, 6) is 0.211. The number of thioether (sulfide) groups is 1. The zero-order chi connectivity index (χ0) is 22.4. The number of esters is 1. The van der Waals surface area contributed by atoms with Crippen molar-refractivity contribution in [2.45, 2.75) is 20.8 Å². The highest BCUT2D eigenvalue weighted by atomic mass is 32.2. The number of carbonyl (C=O) groups is 2. The Morgan fingerprint density at radius 2 is 1.90 bits per heavy atom. The molecule has 1 aliphatic heterocycles. The van der Waals surface area contributed by atoms with Gasteiger partial charge in [-0.3, -0.25) is 4.79 Å². The van der Waals surface area contributed by atoms with E-state index in [1.54, 1.807) is 24.3 Å². The molecule has 0 radical (unpaired) electrons. The van der Waals surface area contributed by atoms with Gasteiger partial charge in [0.05, 0.1) is 24.3 Å². The van der Waals surface area contributed by atoms with Gasteiger partial charge in [-0.25, -0.2) is 9.79 Å². The van der Waals surface area contributed by atoms with Crippen LogP contribution < -0.4 is 14.8 Å². The topological polar surface area (TPSA) is 86.2 Å². The molecule has 0 spiro atoms. The lowest BCUT2D eigenvalue weighted by molar-refractivity contribution is -0.142. The van der Waals surface area contributed by atoms with E-state index < -0.39 is 5.97 Å². The molecule has 0 atom stereocenters. The summed E-state index contributed by atoms with van der Waals surface area (Å²) >= 11 is 1.28. The highest BCUT2D eigenvalue weighted by Crippen LogP contribution is 2.32. The van der Waals surface area contributed by atoms with Crippen molar-refractivity contribution >= 4 is 40.6 Å². The minimum atomic E-state index is -0.483. The molecule has 31 heavy (non-hydrogen) atoms. The van der Waals surface area contributed by atoms with Crippen molar-refractivity contribution in [2.24, 2.45) is 4.99 Å². The van der Waals surface area contributed by atoms with Gasteiger partial charge in [0.2, 0.25) is 0 Å². The largest absolute Gasteiger partial charge is 0.490 e. The fourth-order valence-electron chi connectivity index (χ4n) is 2.74. The first-order valence-corrected chi connectivity index (χ1v) is 10.5. The number of rotatable bonds is 7. The van der Waals surface area contributed by atoms with Gasteiger partial charge in [0.25, 0.3) is 5.91 Å². The second-order valence-electron chi connectivity index (χ2n) is 6.75. The standard InChI is InChI=1S/C23H24N2O5S/c1-5-29-19-11-16(7-9-18(19)30-13-21(26)28-4)12-20-22(27)25-23(31-20)24-17-8-6-14(2)15(3)10-17/h6-12H,5,13H2,1-4H3,(H,24,25,27). The molecule has 1 fully saturated rings. The number of nitrogens with one attached hydrogen (secondary N) is 1. The lowest BCUT2D eigenvalue weighted by Gasteiger charge is -2.12. The molecule has 0 saturated carbocycles. The molecule has 1 amide bonds. The molecule has 0 unspecified atom stereocenters. The van der Waals surface area contributed by atoms with Gasteiger partial charge in [0.1, 0.15) is 0 Å². The van der Waals surface area contributed by atoms with E-state index in [-0.39, 0.29) is 12.5 Å². The summed E-state index contributed by atoms with van der Waals surface area (Å²) in [4.78, 5) is 28.8. The molecule has 0 aliphatic carbocycles. The Hall–Kier alpha value is -3.26. The van der Waals surface area contributed by atoms with E-state index >= 15 is 0 Å². The van der Waals surface area contributed by atoms with Gasteiger partial charge < -0.3 is 19.5 Å². The van der Waals surface area contributed by atoms with Crippen molar-refractivity contribution < 1.29 is 23.8 Å². The zero-order valence-electron chi connectivity index (χ0n) is 17.9. The highest BCUT2D eigenvalue weighted by Gasteiger charge is 2.24. The first-order valence-electron chi connectivity index (χ1n) is 9.73. The number of nitrogens with zero attached hydrogens (tertiary/aromatic N) is 1. The van der Waals surface area contributed by atoms with Gasteiger partial charge >= 0.3 is 5.97 Å². The van der Waals surface area contributed by atoms with Crippen molar-refractivity contribution in [1.82, 2.24) is 5.32 Å². The minimum absolute atomic E-state index is 0.212. The third-order valence-corrected chi connectivity index (χ3v) is 5.42. The van der Waals surface area contributed by atoms with Gasteiger partial charge in [-0.15, -0.1) is 0 Å². The number of aliphatic imine (C=N–C) groups is 1. The maximum Gasteiger partial charge on any atom is 0.343 e. The number of carbonyl (C=O) groups excluding carboxylic acids is 2. The van der Waals surface area contributed by atoms with Crippen LogP contribution in [0.3, 0.4) is 0 Å². The van der Waals surface area contributed by atoms with Gasteiger partial charge in [-0.1, -0.05) is 12.1 Å². The molecular weight excluding hydrogens is 416 g/mol. The van der Waals surface area contributed by atoms with Crippen LogP contribution in [0.1, 0.15) is 23.6 Å². The smallest absolute Gasteiger partial charge is 0.343 e. The molecule has 3 rings (SSSR count). The van der Waals surface area contributed by atoms with Gasteiger partial charge in [-0.05, 0) is 79.6 Å². The zero-order valence-corrected chi connectivity index (χ0v) is 18.7. The van der Waals surface area contributed by atoms with Crippen LogP contribution >= 0.6 is 11.8 Å². The van der Waals surface area contributed by atoms with Crippen LogP contribution in [0.5, 0.6) is 11.5 Å². The Kier molecular flexibility index (Phi) is 7.36. The number of hydrogen-bond acceptors (Lipinski definition) is 7. The lowest BCUT2D eigenvalue weighted by atomic mass is 10.1. The summed E-state index contributed by atoms with van der Waals surface area (Å²) in [6, 6.07) is 11.2. The van der Waals surface area contributed by atoms with E-state index in [0.717, 1.165) is 16.8 Å². The Labute approximate surface area is 185 Å². The molecule has 8 heteroatoms. The van der Waals surface area contributed by atoms with Crippen molar-refractivity contribution in [3.63, 3.8) is 0 Å². The van der Waals surface area contributed by atoms with E-state index in [1.165, 1.54) is 24.4 Å². The first kappa shape index (κ1) is 22.4. The van der Waals surface area contributed by atoms with Crippen molar-refractivity contribution in [3.05, 3.63) is 58.0 Å². The van der Waals surface area contributed by atoms with Gasteiger partial charge in [0, 0.05) is 0 Å².